The van der Waals surface area contributed by atoms with Crippen LogP contribution >= 0.6 is 11.6 Å². The summed E-state index contributed by atoms with van der Waals surface area (Å²) in [5.74, 6) is -0.0539. The van der Waals surface area contributed by atoms with E-state index in [0.717, 1.165) is 5.56 Å². The van der Waals surface area contributed by atoms with Crippen molar-refractivity contribution in [2.24, 2.45) is 0 Å². The third kappa shape index (κ3) is 7.94. The first-order valence-corrected chi connectivity index (χ1v) is 11.1. The Morgan fingerprint density at radius 2 is 1.53 bits per heavy atom. The van der Waals surface area contributed by atoms with Gasteiger partial charge in [-0.3, -0.25) is 14.4 Å². The summed E-state index contributed by atoms with van der Waals surface area (Å²) in [6, 6.07) is 21.3. The fourth-order valence-corrected chi connectivity index (χ4v) is 3.17. The van der Waals surface area contributed by atoms with E-state index in [2.05, 4.69) is 10.6 Å². The lowest BCUT2D eigenvalue weighted by Crippen LogP contribution is -2.21. The zero-order valence-corrected chi connectivity index (χ0v) is 19.4. The van der Waals surface area contributed by atoms with E-state index in [1.165, 1.54) is 0 Å². The summed E-state index contributed by atoms with van der Waals surface area (Å²) in [4.78, 5) is 35.9. The Morgan fingerprint density at radius 1 is 0.824 bits per heavy atom. The van der Waals surface area contributed by atoms with Crippen molar-refractivity contribution in [1.29, 1.82) is 0 Å². The van der Waals surface area contributed by atoms with E-state index in [4.69, 9.17) is 21.1 Å². The molecule has 2 N–H and O–H groups in total. The van der Waals surface area contributed by atoms with E-state index in [1.54, 1.807) is 42.5 Å². The van der Waals surface area contributed by atoms with Crippen molar-refractivity contribution in [3.8, 4) is 11.5 Å². The summed E-state index contributed by atoms with van der Waals surface area (Å²) >= 11 is 6.08. The van der Waals surface area contributed by atoms with Gasteiger partial charge in [0.1, 0.15) is 11.5 Å². The van der Waals surface area contributed by atoms with Crippen molar-refractivity contribution in [2.45, 2.75) is 26.2 Å². The van der Waals surface area contributed by atoms with E-state index < -0.39 is 11.9 Å². The Bertz CT molecular complexity index is 1150. The number of carbonyl (C=O) groups excluding carboxylic acids is 3. The van der Waals surface area contributed by atoms with Crippen LogP contribution in [0.15, 0.2) is 72.8 Å². The molecule has 3 aromatic rings. The molecule has 0 aromatic heterocycles. The molecule has 2 amide bonds. The first-order valence-electron chi connectivity index (χ1n) is 10.7. The average molecular weight is 481 g/mol. The molecule has 0 bridgehead atoms. The summed E-state index contributed by atoms with van der Waals surface area (Å²) in [5, 5.41) is 5.96. The molecule has 0 atom stereocenters. The Hall–Kier alpha value is -3.84. The number of carbonyl (C=O) groups is 3. The fourth-order valence-electron chi connectivity index (χ4n) is 3.00. The van der Waals surface area contributed by atoms with Gasteiger partial charge in [0, 0.05) is 24.2 Å². The molecule has 34 heavy (non-hydrogen) atoms. The lowest BCUT2D eigenvalue weighted by atomic mass is 10.2. The summed E-state index contributed by atoms with van der Waals surface area (Å²) in [6.07, 6.45) is 0.482. The number of anilines is 2. The standard InChI is InChI=1S/C26H25ClN2O5/c1-18-7-2-4-9-22(18)29-25(31)17-33-26(32)12-6-11-24(30)28-19-13-15-20(16-14-19)34-23-10-5-3-8-21(23)27/h2-5,7-10,13-16H,6,11-12,17H2,1H3,(H,28,30)(H,29,31). The average Bonchev–Trinajstić information content (AvgIpc) is 2.82. The second-order valence-electron chi connectivity index (χ2n) is 7.48. The van der Waals surface area contributed by atoms with Crippen molar-refractivity contribution >= 4 is 40.8 Å². The van der Waals surface area contributed by atoms with Crippen LogP contribution in [-0.4, -0.2) is 24.4 Å². The Kier molecular flexibility index (Phi) is 9.05. The van der Waals surface area contributed by atoms with E-state index in [9.17, 15) is 14.4 Å². The maximum Gasteiger partial charge on any atom is 0.306 e. The maximum absolute atomic E-state index is 12.1. The van der Waals surface area contributed by atoms with E-state index in [1.807, 2.05) is 37.3 Å². The summed E-state index contributed by atoms with van der Waals surface area (Å²) in [6.45, 7) is 1.50. The molecule has 0 aliphatic carbocycles. The smallest absolute Gasteiger partial charge is 0.306 e. The number of aryl methyl sites for hydroxylation is 1. The fraction of sp³-hybridized carbons (Fsp3) is 0.192. The number of rotatable bonds is 10. The van der Waals surface area contributed by atoms with Crippen molar-refractivity contribution in [2.75, 3.05) is 17.2 Å². The number of halogens is 1. The number of para-hydroxylation sites is 2. The van der Waals surface area contributed by atoms with Gasteiger partial charge in [-0.05, 0) is 61.4 Å². The van der Waals surface area contributed by atoms with Gasteiger partial charge < -0.3 is 20.1 Å². The van der Waals surface area contributed by atoms with Crippen LogP contribution in [0.5, 0.6) is 11.5 Å². The van der Waals surface area contributed by atoms with Gasteiger partial charge in [0.05, 0.1) is 5.02 Å². The Labute approximate surface area is 203 Å². The van der Waals surface area contributed by atoms with Crippen LogP contribution in [0.25, 0.3) is 0 Å². The molecule has 3 rings (SSSR count). The summed E-state index contributed by atoms with van der Waals surface area (Å²) in [7, 11) is 0. The van der Waals surface area contributed by atoms with Crippen molar-refractivity contribution in [3.05, 3.63) is 83.4 Å². The van der Waals surface area contributed by atoms with Crippen molar-refractivity contribution < 1.29 is 23.9 Å². The number of ether oxygens (including phenoxy) is 2. The lowest BCUT2D eigenvalue weighted by molar-refractivity contribution is -0.147. The van der Waals surface area contributed by atoms with Crippen molar-refractivity contribution in [1.82, 2.24) is 0 Å². The second-order valence-corrected chi connectivity index (χ2v) is 7.89. The predicted molar refractivity (Wildman–Crippen MR) is 131 cm³/mol. The van der Waals surface area contributed by atoms with Gasteiger partial charge in [0.15, 0.2) is 6.61 Å². The summed E-state index contributed by atoms with van der Waals surface area (Å²) < 4.78 is 10.7. The molecule has 0 heterocycles. The number of hydrogen-bond donors (Lipinski definition) is 2. The SMILES string of the molecule is Cc1ccccc1NC(=O)COC(=O)CCCC(=O)Nc1ccc(Oc2ccccc2Cl)cc1. The zero-order valence-electron chi connectivity index (χ0n) is 18.7. The van der Waals surface area contributed by atoms with Gasteiger partial charge in [0.25, 0.3) is 5.91 Å². The Morgan fingerprint density at radius 3 is 2.26 bits per heavy atom. The molecule has 0 saturated carbocycles. The topological polar surface area (TPSA) is 93.7 Å². The van der Waals surface area contributed by atoms with Gasteiger partial charge in [-0.2, -0.15) is 0 Å². The van der Waals surface area contributed by atoms with Gasteiger partial charge in [0.2, 0.25) is 5.91 Å². The van der Waals surface area contributed by atoms with Gasteiger partial charge in [-0.25, -0.2) is 0 Å². The zero-order chi connectivity index (χ0) is 24.3. The van der Waals surface area contributed by atoms with Crippen LogP contribution in [-0.2, 0) is 19.1 Å². The largest absolute Gasteiger partial charge is 0.456 e. The predicted octanol–water partition coefficient (Wildman–Crippen LogP) is 5.73. The molecule has 0 spiro atoms. The molecular formula is C26H25ClN2O5. The lowest BCUT2D eigenvalue weighted by Gasteiger charge is -2.09. The third-order valence-electron chi connectivity index (χ3n) is 4.77. The molecule has 176 valence electrons. The monoisotopic (exact) mass is 480 g/mol. The normalized spacial score (nSPS) is 10.3. The number of hydrogen-bond acceptors (Lipinski definition) is 5. The highest BCUT2D eigenvalue weighted by atomic mass is 35.5. The molecule has 3 aromatic carbocycles. The molecule has 0 aliphatic rings. The molecule has 7 nitrogen and oxygen atoms in total. The van der Waals surface area contributed by atoms with Crippen LogP contribution in [0.1, 0.15) is 24.8 Å². The molecule has 0 aliphatic heterocycles. The minimum atomic E-state index is -0.534. The van der Waals surface area contributed by atoms with Gasteiger partial charge >= 0.3 is 5.97 Å². The molecule has 0 unspecified atom stereocenters. The molecule has 8 heteroatoms. The highest BCUT2D eigenvalue weighted by Crippen LogP contribution is 2.29. The summed E-state index contributed by atoms with van der Waals surface area (Å²) in [5.41, 5.74) is 2.19. The third-order valence-corrected chi connectivity index (χ3v) is 5.08. The highest BCUT2D eigenvalue weighted by Gasteiger charge is 2.11. The van der Waals surface area contributed by atoms with E-state index >= 15 is 0 Å². The maximum atomic E-state index is 12.1. The van der Waals surface area contributed by atoms with Crippen LogP contribution in [0.3, 0.4) is 0 Å². The molecular weight excluding hydrogens is 456 g/mol. The van der Waals surface area contributed by atoms with E-state index in [-0.39, 0.29) is 25.4 Å². The van der Waals surface area contributed by atoms with Crippen LogP contribution < -0.4 is 15.4 Å². The minimum Gasteiger partial charge on any atom is -0.456 e. The molecule has 0 radical (unpaired) electrons. The minimum absolute atomic E-state index is 0.0374. The molecule has 0 saturated heterocycles. The van der Waals surface area contributed by atoms with Crippen LogP contribution in [0, 0.1) is 6.92 Å². The van der Waals surface area contributed by atoms with Crippen molar-refractivity contribution in [3.63, 3.8) is 0 Å². The van der Waals surface area contributed by atoms with Crippen LogP contribution in [0.2, 0.25) is 5.02 Å². The first kappa shape index (κ1) is 24.8. The first-order chi connectivity index (χ1) is 16.4. The number of esters is 1. The highest BCUT2D eigenvalue weighted by molar-refractivity contribution is 6.32. The second kappa shape index (κ2) is 12.4. The van der Waals surface area contributed by atoms with E-state index in [0.29, 0.717) is 34.3 Å². The number of benzene rings is 3. The van der Waals surface area contributed by atoms with Gasteiger partial charge in [-0.1, -0.05) is 41.9 Å². The van der Waals surface area contributed by atoms with Gasteiger partial charge in [-0.15, -0.1) is 0 Å². The number of amides is 2. The quantitative estimate of drug-likeness (QED) is 0.361. The number of nitrogens with one attached hydrogen (secondary N) is 2. The Balaban J connectivity index is 1.34. The van der Waals surface area contributed by atoms with Crippen LogP contribution in [0.4, 0.5) is 11.4 Å². The molecule has 0 fully saturated rings.